The maximum atomic E-state index is 3.44. The average molecular weight is 144 g/mol. The van der Waals surface area contributed by atoms with Crippen molar-refractivity contribution in [1.82, 2.24) is 10.6 Å². The molecule has 0 rings (SSSR count). The molecule has 0 aliphatic carbocycles. The second-order valence-corrected chi connectivity index (χ2v) is 3.64. The van der Waals surface area contributed by atoms with Gasteiger partial charge in [0, 0.05) is 5.54 Å². The van der Waals surface area contributed by atoms with Gasteiger partial charge in [0.2, 0.25) is 0 Å². The van der Waals surface area contributed by atoms with Crippen molar-refractivity contribution in [2.45, 2.75) is 45.8 Å². The molecule has 0 aromatic carbocycles. The van der Waals surface area contributed by atoms with Crippen molar-refractivity contribution >= 4 is 0 Å². The summed E-state index contributed by atoms with van der Waals surface area (Å²) >= 11 is 0. The molecule has 0 spiro atoms. The molecule has 0 radical (unpaired) electrons. The van der Waals surface area contributed by atoms with Gasteiger partial charge < -0.3 is 5.32 Å². The van der Waals surface area contributed by atoms with Crippen LogP contribution in [-0.4, -0.2) is 18.8 Å². The van der Waals surface area contributed by atoms with Crippen LogP contribution in [0.25, 0.3) is 0 Å². The summed E-state index contributed by atoms with van der Waals surface area (Å²) in [4.78, 5) is 0. The van der Waals surface area contributed by atoms with Crippen LogP contribution >= 0.6 is 0 Å². The maximum absolute atomic E-state index is 3.44. The summed E-state index contributed by atoms with van der Waals surface area (Å²) in [5.74, 6) is 0. The van der Waals surface area contributed by atoms with Gasteiger partial charge in [0.1, 0.15) is 0 Å². The van der Waals surface area contributed by atoms with Gasteiger partial charge in [-0.05, 0) is 34.2 Å². The Balaban J connectivity index is 3.63. The van der Waals surface area contributed by atoms with Crippen LogP contribution in [-0.2, 0) is 0 Å². The van der Waals surface area contributed by atoms with Crippen molar-refractivity contribution in [1.29, 1.82) is 0 Å². The molecule has 0 bridgehead atoms. The first-order chi connectivity index (χ1) is 4.49. The largest absolute Gasteiger partial charge is 0.305 e. The highest BCUT2D eigenvalue weighted by molar-refractivity contribution is 4.74. The normalized spacial score (nSPS) is 15.3. The maximum Gasteiger partial charge on any atom is 0.0570 e. The number of hydrogen-bond donors (Lipinski definition) is 2. The quantitative estimate of drug-likeness (QED) is 0.584. The molecule has 0 fully saturated rings. The van der Waals surface area contributed by atoms with E-state index in [1.165, 1.54) is 0 Å². The van der Waals surface area contributed by atoms with E-state index < -0.39 is 0 Å². The van der Waals surface area contributed by atoms with Gasteiger partial charge >= 0.3 is 0 Å². The van der Waals surface area contributed by atoms with Crippen molar-refractivity contribution in [2.24, 2.45) is 0 Å². The average Bonchev–Trinajstić information content (AvgIpc) is 1.81. The zero-order valence-electron chi connectivity index (χ0n) is 7.78. The summed E-state index contributed by atoms with van der Waals surface area (Å²) in [5.41, 5.74) is 0.212. The molecule has 0 aliphatic rings. The Labute approximate surface area is 64.4 Å². The van der Waals surface area contributed by atoms with E-state index in [4.69, 9.17) is 0 Å². The minimum absolute atomic E-state index is 0.212. The predicted octanol–water partition coefficient (Wildman–Crippen LogP) is 1.33. The number of nitrogens with one attached hydrogen (secondary N) is 2. The van der Waals surface area contributed by atoms with Crippen LogP contribution in [0.1, 0.15) is 34.1 Å². The lowest BCUT2D eigenvalue weighted by Crippen LogP contribution is -2.49. The summed E-state index contributed by atoms with van der Waals surface area (Å²) in [6.45, 7) is 8.69. The van der Waals surface area contributed by atoms with Crippen molar-refractivity contribution in [3.8, 4) is 0 Å². The van der Waals surface area contributed by atoms with Crippen molar-refractivity contribution < 1.29 is 0 Å². The van der Waals surface area contributed by atoms with Crippen LogP contribution in [0.4, 0.5) is 0 Å². The second-order valence-electron chi connectivity index (χ2n) is 3.64. The van der Waals surface area contributed by atoms with E-state index in [0.29, 0.717) is 6.17 Å². The van der Waals surface area contributed by atoms with Crippen LogP contribution in [0, 0.1) is 0 Å². The van der Waals surface area contributed by atoms with E-state index in [2.05, 4.69) is 38.3 Å². The smallest absolute Gasteiger partial charge is 0.0570 e. The molecule has 2 nitrogen and oxygen atoms in total. The Bertz CT molecular complexity index is 79.7. The standard InChI is InChI=1S/C8H20N2/c1-6-7(9-5)10-8(2,3)4/h7,9-10H,6H2,1-5H3. The van der Waals surface area contributed by atoms with E-state index in [0.717, 1.165) is 6.42 Å². The number of hydrogen-bond acceptors (Lipinski definition) is 2. The molecular weight excluding hydrogens is 124 g/mol. The molecule has 62 valence electrons. The van der Waals surface area contributed by atoms with Gasteiger partial charge in [0.05, 0.1) is 6.17 Å². The molecule has 1 atom stereocenters. The summed E-state index contributed by atoms with van der Waals surface area (Å²) in [6, 6.07) is 0. The zero-order chi connectivity index (χ0) is 8.20. The highest BCUT2D eigenvalue weighted by Crippen LogP contribution is 2.00. The van der Waals surface area contributed by atoms with Gasteiger partial charge in [0.15, 0.2) is 0 Å². The second kappa shape index (κ2) is 3.94. The lowest BCUT2D eigenvalue weighted by Gasteiger charge is -2.27. The third-order valence-corrected chi connectivity index (χ3v) is 1.36. The van der Waals surface area contributed by atoms with E-state index in [1.54, 1.807) is 0 Å². The molecule has 10 heavy (non-hydrogen) atoms. The lowest BCUT2D eigenvalue weighted by molar-refractivity contribution is 0.324. The van der Waals surface area contributed by atoms with Crippen molar-refractivity contribution in [2.75, 3.05) is 7.05 Å². The SMILES string of the molecule is CCC(NC)NC(C)(C)C. The predicted molar refractivity (Wildman–Crippen MR) is 46.0 cm³/mol. The highest BCUT2D eigenvalue weighted by atomic mass is 15.1. The molecule has 0 aromatic rings. The van der Waals surface area contributed by atoms with Gasteiger partial charge in [-0.3, -0.25) is 5.32 Å². The zero-order valence-corrected chi connectivity index (χ0v) is 7.78. The van der Waals surface area contributed by atoms with E-state index in [9.17, 15) is 0 Å². The molecule has 1 unspecified atom stereocenters. The first kappa shape index (κ1) is 9.92. The fraction of sp³-hybridized carbons (Fsp3) is 1.00. The van der Waals surface area contributed by atoms with Crippen LogP contribution in [0.2, 0.25) is 0 Å². The highest BCUT2D eigenvalue weighted by Gasteiger charge is 2.13. The van der Waals surface area contributed by atoms with Crippen molar-refractivity contribution in [3.63, 3.8) is 0 Å². The minimum Gasteiger partial charge on any atom is -0.305 e. The summed E-state index contributed by atoms with van der Waals surface area (Å²) in [7, 11) is 1.98. The van der Waals surface area contributed by atoms with Crippen LogP contribution in [0.5, 0.6) is 0 Å². The molecule has 0 aliphatic heterocycles. The minimum atomic E-state index is 0.212. The van der Waals surface area contributed by atoms with Crippen LogP contribution in [0.3, 0.4) is 0 Å². The topological polar surface area (TPSA) is 24.1 Å². The first-order valence-electron chi connectivity index (χ1n) is 3.94. The van der Waals surface area contributed by atoms with Gasteiger partial charge in [-0.1, -0.05) is 6.92 Å². The molecule has 0 amide bonds. The third-order valence-electron chi connectivity index (χ3n) is 1.36. The first-order valence-corrected chi connectivity index (χ1v) is 3.94. The Morgan fingerprint density at radius 3 is 1.90 bits per heavy atom. The van der Waals surface area contributed by atoms with E-state index in [-0.39, 0.29) is 5.54 Å². The Morgan fingerprint density at radius 1 is 1.30 bits per heavy atom. The molecule has 0 saturated carbocycles. The van der Waals surface area contributed by atoms with Gasteiger partial charge in [-0.25, -0.2) is 0 Å². The van der Waals surface area contributed by atoms with Gasteiger partial charge in [-0.15, -0.1) is 0 Å². The third kappa shape index (κ3) is 4.77. The fourth-order valence-electron chi connectivity index (χ4n) is 0.901. The summed E-state index contributed by atoms with van der Waals surface area (Å²) < 4.78 is 0. The van der Waals surface area contributed by atoms with Gasteiger partial charge in [0.25, 0.3) is 0 Å². The molecular formula is C8H20N2. The Hall–Kier alpha value is -0.0800. The Morgan fingerprint density at radius 2 is 1.80 bits per heavy atom. The molecule has 0 aromatic heterocycles. The summed E-state index contributed by atoms with van der Waals surface area (Å²) in [5, 5.41) is 6.64. The molecule has 2 N–H and O–H groups in total. The lowest BCUT2D eigenvalue weighted by atomic mass is 10.1. The van der Waals surface area contributed by atoms with Crippen LogP contribution in [0.15, 0.2) is 0 Å². The van der Waals surface area contributed by atoms with E-state index in [1.807, 2.05) is 7.05 Å². The molecule has 0 saturated heterocycles. The Kier molecular flexibility index (Phi) is 3.91. The molecule has 0 heterocycles. The van der Waals surface area contributed by atoms with Crippen LogP contribution < -0.4 is 10.6 Å². The fourth-order valence-corrected chi connectivity index (χ4v) is 0.901. The van der Waals surface area contributed by atoms with E-state index >= 15 is 0 Å². The molecule has 2 heteroatoms. The van der Waals surface area contributed by atoms with Gasteiger partial charge in [-0.2, -0.15) is 0 Å². The van der Waals surface area contributed by atoms with Crippen molar-refractivity contribution in [3.05, 3.63) is 0 Å². The monoisotopic (exact) mass is 144 g/mol. The number of rotatable bonds is 3. The summed E-state index contributed by atoms with van der Waals surface area (Å²) in [6.07, 6.45) is 1.56.